The molecule has 122 valence electrons. The highest BCUT2D eigenvalue weighted by atomic mass is 16.5. The number of carboxylic acid groups (broad SMARTS) is 1. The van der Waals surface area contributed by atoms with Crippen molar-refractivity contribution in [1.29, 1.82) is 0 Å². The molecule has 23 heavy (non-hydrogen) atoms. The van der Waals surface area contributed by atoms with Crippen molar-refractivity contribution >= 4 is 29.3 Å². The number of benzene rings is 1. The van der Waals surface area contributed by atoms with E-state index in [-0.39, 0.29) is 5.91 Å². The van der Waals surface area contributed by atoms with Crippen LogP contribution in [0.25, 0.3) is 0 Å². The second kappa shape index (κ2) is 7.44. The summed E-state index contributed by atoms with van der Waals surface area (Å²) >= 11 is 0. The van der Waals surface area contributed by atoms with E-state index in [1.807, 2.05) is 6.08 Å². The van der Waals surface area contributed by atoms with Gasteiger partial charge in [0.15, 0.2) is 0 Å². The molecule has 1 aromatic carbocycles. The van der Waals surface area contributed by atoms with Gasteiger partial charge in [-0.25, -0.2) is 4.79 Å². The SMILES string of the molecule is COC(=O)Nc1cccc(NC(=O)[C@H]2CC=CC[C@@H]2C(=O)O)c1. The number of carbonyl (C=O) groups excluding carboxylic acids is 2. The largest absolute Gasteiger partial charge is 0.481 e. The van der Waals surface area contributed by atoms with Crippen molar-refractivity contribution in [3.05, 3.63) is 36.4 Å². The lowest BCUT2D eigenvalue weighted by Crippen LogP contribution is -2.34. The normalized spacial score (nSPS) is 19.7. The predicted octanol–water partition coefficient (Wildman–Crippen LogP) is 2.47. The molecule has 0 saturated carbocycles. The summed E-state index contributed by atoms with van der Waals surface area (Å²) in [5.41, 5.74) is 0.940. The van der Waals surface area contributed by atoms with Crippen LogP contribution in [0.15, 0.2) is 36.4 Å². The Labute approximate surface area is 133 Å². The van der Waals surface area contributed by atoms with Crippen LogP contribution in [0.5, 0.6) is 0 Å². The Morgan fingerprint density at radius 3 is 2.30 bits per heavy atom. The smallest absolute Gasteiger partial charge is 0.411 e. The maximum absolute atomic E-state index is 12.4. The minimum atomic E-state index is -0.976. The highest BCUT2D eigenvalue weighted by Gasteiger charge is 2.33. The molecule has 1 aliphatic carbocycles. The first-order valence-corrected chi connectivity index (χ1v) is 7.15. The Morgan fingerprint density at radius 2 is 1.70 bits per heavy atom. The minimum Gasteiger partial charge on any atom is -0.481 e. The third kappa shape index (κ3) is 4.32. The molecule has 0 heterocycles. The van der Waals surface area contributed by atoms with Gasteiger partial charge in [0.05, 0.1) is 18.9 Å². The standard InChI is InChI=1S/C16H18N2O5/c1-23-16(22)18-11-6-4-5-10(9-11)17-14(19)12-7-2-3-8-13(12)15(20)21/h2-6,9,12-13H,7-8H2,1H3,(H,17,19)(H,18,22)(H,20,21)/t12-,13-/m0/s1. The topological polar surface area (TPSA) is 105 Å². The Hall–Kier alpha value is -2.83. The summed E-state index contributed by atoms with van der Waals surface area (Å²) < 4.78 is 4.50. The van der Waals surface area contributed by atoms with E-state index in [0.717, 1.165) is 0 Å². The molecule has 0 saturated heterocycles. The van der Waals surface area contributed by atoms with Crippen LogP contribution in [0, 0.1) is 11.8 Å². The molecular weight excluding hydrogens is 300 g/mol. The number of amides is 2. The second-order valence-electron chi connectivity index (χ2n) is 5.18. The van der Waals surface area contributed by atoms with Crippen LogP contribution < -0.4 is 10.6 Å². The number of nitrogens with one attached hydrogen (secondary N) is 2. The Kier molecular flexibility index (Phi) is 5.35. The van der Waals surface area contributed by atoms with Gasteiger partial charge in [-0.1, -0.05) is 18.2 Å². The fraction of sp³-hybridized carbons (Fsp3) is 0.312. The highest BCUT2D eigenvalue weighted by molar-refractivity contribution is 5.96. The summed E-state index contributed by atoms with van der Waals surface area (Å²) in [7, 11) is 1.25. The zero-order valence-electron chi connectivity index (χ0n) is 12.6. The lowest BCUT2D eigenvalue weighted by atomic mass is 9.82. The molecule has 0 aliphatic heterocycles. The number of carbonyl (C=O) groups is 3. The number of rotatable bonds is 4. The van der Waals surface area contributed by atoms with E-state index < -0.39 is 23.9 Å². The Balaban J connectivity index is 2.07. The number of aliphatic carboxylic acids is 1. The number of hydrogen-bond donors (Lipinski definition) is 3. The third-order valence-corrected chi connectivity index (χ3v) is 3.65. The van der Waals surface area contributed by atoms with Crippen molar-refractivity contribution in [3.63, 3.8) is 0 Å². The van der Waals surface area contributed by atoms with Crippen LogP contribution in [-0.2, 0) is 14.3 Å². The van der Waals surface area contributed by atoms with Crippen LogP contribution in [-0.4, -0.2) is 30.2 Å². The molecule has 7 nitrogen and oxygen atoms in total. The van der Waals surface area contributed by atoms with E-state index >= 15 is 0 Å². The molecule has 0 unspecified atom stereocenters. The first-order chi connectivity index (χ1) is 11.0. The van der Waals surface area contributed by atoms with Gasteiger partial charge in [-0.05, 0) is 31.0 Å². The number of anilines is 2. The zero-order valence-corrected chi connectivity index (χ0v) is 12.6. The molecular formula is C16H18N2O5. The molecule has 3 N–H and O–H groups in total. The lowest BCUT2D eigenvalue weighted by molar-refractivity contribution is -0.146. The minimum absolute atomic E-state index is 0.345. The molecule has 0 aromatic heterocycles. The summed E-state index contributed by atoms with van der Waals surface area (Å²) in [6.45, 7) is 0. The van der Waals surface area contributed by atoms with Gasteiger partial charge in [0.25, 0.3) is 0 Å². The van der Waals surface area contributed by atoms with E-state index in [4.69, 9.17) is 0 Å². The molecule has 0 fully saturated rings. The molecule has 7 heteroatoms. The molecule has 0 radical (unpaired) electrons. The zero-order chi connectivity index (χ0) is 16.8. The predicted molar refractivity (Wildman–Crippen MR) is 84.1 cm³/mol. The van der Waals surface area contributed by atoms with Gasteiger partial charge in [0.2, 0.25) is 5.91 Å². The van der Waals surface area contributed by atoms with Crippen LogP contribution in [0.1, 0.15) is 12.8 Å². The average molecular weight is 318 g/mol. The van der Waals surface area contributed by atoms with Gasteiger partial charge in [0.1, 0.15) is 0 Å². The maximum Gasteiger partial charge on any atom is 0.411 e. The molecule has 2 rings (SSSR count). The molecule has 0 bridgehead atoms. The summed E-state index contributed by atoms with van der Waals surface area (Å²) in [5.74, 6) is -2.67. The molecule has 2 atom stereocenters. The Bertz CT molecular complexity index is 641. The Morgan fingerprint density at radius 1 is 1.09 bits per heavy atom. The van der Waals surface area contributed by atoms with Gasteiger partial charge in [-0.15, -0.1) is 0 Å². The van der Waals surface area contributed by atoms with Gasteiger partial charge < -0.3 is 15.2 Å². The van der Waals surface area contributed by atoms with E-state index in [0.29, 0.717) is 24.2 Å². The number of hydrogen-bond acceptors (Lipinski definition) is 4. The van der Waals surface area contributed by atoms with E-state index in [1.165, 1.54) is 7.11 Å². The van der Waals surface area contributed by atoms with Crippen molar-refractivity contribution < 1.29 is 24.2 Å². The molecule has 1 aliphatic rings. The first-order valence-electron chi connectivity index (χ1n) is 7.15. The summed E-state index contributed by atoms with van der Waals surface area (Å²) in [6.07, 6.45) is 3.72. The summed E-state index contributed by atoms with van der Waals surface area (Å²) in [6, 6.07) is 6.55. The first kappa shape index (κ1) is 16.5. The van der Waals surface area contributed by atoms with Gasteiger partial charge in [-0.2, -0.15) is 0 Å². The third-order valence-electron chi connectivity index (χ3n) is 3.65. The second-order valence-corrected chi connectivity index (χ2v) is 5.18. The van der Waals surface area contributed by atoms with Crippen LogP contribution in [0.4, 0.5) is 16.2 Å². The van der Waals surface area contributed by atoms with Crippen molar-refractivity contribution in [2.75, 3.05) is 17.7 Å². The monoisotopic (exact) mass is 318 g/mol. The average Bonchev–Trinajstić information content (AvgIpc) is 2.55. The number of carboxylic acids is 1. The van der Waals surface area contributed by atoms with E-state index in [1.54, 1.807) is 30.3 Å². The number of allylic oxidation sites excluding steroid dienone is 2. The fourth-order valence-electron chi connectivity index (χ4n) is 2.46. The fourth-order valence-corrected chi connectivity index (χ4v) is 2.46. The highest BCUT2D eigenvalue weighted by Crippen LogP contribution is 2.27. The van der Waals surface area contributed by atoms with Gasteiger partial charge in [0, 0.05) is 11.4 Å². The van der Waals surface area contributed by atoms with Crippen LogP contribution in [0.2, 0.25) is 0 Å². The van der Waals surface area contributed by atoms with E-state index in [2.05, 4.69) is 15.4 Å². The summed E-state index contributed by atoms with van der Waals surface area (Å²) in [5, 5.41) is 14.4. The molecule has 2 amide bonds. The molecule has 1 aromatic rings. The molecule has 0 spiro atoms. The van der Waals surface area contributed by atoms with E-state index in [9.17, 15) is 19.5 Å². The van der Waals surface area contributed by atoms with Crippen molar-refractivity contribution in [2.45, 2.75) is 12.8 Å². The van der Waals surface area contributed by atoms with Crippen molar-refractivity contribution in [2.24, 2.45) is 11.8 Å². The van der Waals surface area contributed by atoms with Crippen molar-refractivity contribution in [1.82, 2.24) is 0 Å². The maximum atomic E-state index is 12.4. The lowest BCUT2D eigenvalue weighted by Gasteiger charge is -2.24. The number of methoxy groups -OCH3 is 1. The number of ether oxygens (including phenoxy) is 1. The van der Waals surface area contributed by atoms with Gasteiger partial charge in [-0.3, -0.25) is 14.9 Å². The quantitative estimate of drug-likeness (QED) is 0.740. The van der Waals surface area contributed by atoms with Crippen LogP contribution in [0.3, 0.4) is 0 Å². The van der Waals surface area contributed by atoms with Gasteiger partial charge >= 0.3 is 12.1 Å². The van der Waals surface area contributed by atoms with Crippen molar-refractivity contribution in [3.8, 4) is 0 Å². The summed E-state index contributed by atoms with van der Waals surface area (Å²) in [4.78, 5) is 34.8. The van der Waals surface area contributed by atoms with Crippen LogP contribution >= 0.6 is 0 Å².